The van der Waals surface area contributed by atoms with Gasteiger partial charge in [0.05, 0.1) is 12.1 Å². The zero-order valence-electron chi connectivity index (χ0n) is 14.6. The summed E-state index contributed by atoms with van der Waals surface area (Å²) in [4.78, 5) is 18.2. The number of carbonyl (C=O) groups excluding carboxylic acids is 1. The maximum absolute atomic E-state index is 12.7. The average Bonchev–Trinajstić information content (AvgIpc) is 3.19. The zero-order valence-corrected chi connectivity index (χ0v) is 16.3. The van der Waals surface area contributed by atoms with Crippen molar-refractivity contribution in [2.45, 2.75) is 42.4 Å². The maximum Gasteiger partial charge on any atom is 0.262 e. The molecule has 2 fully saturated rings. The second-order valence-electron chi connectivity index (χ2n) is 6.73. The number of hydrogen-bond acceptors (Lipinski definition) is 5. The smallest absolute Gasteiger partial charge is 0.262 e. The Morgan fingerprint density at radius 3 is 2.64 bits per heavy atom. The van der Waals surface area contributed by atoms with Crippen LogP contribution in [-0.4, -0.2) is 70.3 Å². The summed E-state index contributed by atoms with van der Waals surface area (Å²) in [5.41, 5.74) is 0. The molecule has 140 valence electrons. The van der Waals surface area contributed by atoms with Crippen LogP contribution < -0.4 is 0 Å². The Balaban J connectivity index is 1.55. The number of carbonyl (C=O) groups is 1. The molecule has 25 heavy (non-hydrogen) atoms. The normalized spacial score (nSPS) is 20.8. The molecule has 0 N–H and O–H groups in total. The van der Waals surface area contributed by atoms with Crippen LogP contribution in [0.3, 0.4) is 0 Å². The van der Waals surface area contributed by atoms with Gasteiger partial charge in [0.1, 0.15) is 0 Å². The van der Waals surface area contributed by atoms with Gasteiger partial charge in [-0.3, -0.25) is 4.79 Å². The molecule has 1 amide bonds. The summed E-state index contributed by atoms with van der Waals surface area (Å²) in [6.45, 7) is 1.84. The Morgan fingerprint density at radius 2 is 1.96 bits per heavy atom. The topological polar surface area (TPSA) is 75.5 Å². The first-order chi connectivity index (χ1) is 12.0. The van der Waals surface area contributed by atoms with Crippen LogP contribution >= 0.6 is 11.8 Å². The highest BCUT2D eigenvalue weighted by molar-refractivity contribution is 8.00. The van der Waals surface area contributed by atoms with Crippen LogP contribution in [0.15, 0.2) is 17.6 Å². The van der Waals surface area contributed by atoms with Gasteiger partial charge in [-0.25, -0.2) is 13.4 Å². The lowest BCUT2D eigenvalue weighted by Crippen LogP contribution is -2.38. The largest absolute Gasteiger partial charge is 0.341 e. The van der Waals surface area contributed by atoms with Crippen molar-refractivity contribution in [3.63, 3.8) is 0 Å². The SMILES string of the molecule is Cn1cnc(S(=O)(=O)N2CCCN(C(=O)CSC3CCCC3)CC2)c1. The Hall–Kier alpha value is -1.06. The number of hydrogen-bond donors (Lipinski definition) is 0. The van der Waals surface area contributed by atoms with Crippen molar-refractivity contribution in [1.82, 2.24) is 18.8 Å². The van der Waals surface area contributed by atoms with Crippen molar-refractivity contribution in [2.24, 2.45) is 7.05 Å². The zero-order chi connectivity index (χ0) is 17.9. The number of aromatic nitrogens is 2. The van der Waals surface area contributed by atoms with Gasteiger partial charge in [-0.05, 0) is 19.3 Å². The lowest BCUT2D eigenvalue weighted by molar-refractivity contribution is -0.128. The van der Waals surface area contributed by atoms with Crippen molar-refractivity contribution < 1.29 is 13.2 Å². The average molecular weight is 387 g/mol. The third-order valence-electron chi connectivity index (χ3n) is 4.84. The number of rotatable bonds is 5. The fourth-order valence-corrected chi connectivity index (χ4v) is 6.04. The van der Waals surface area contributed by atoms with Gasteiger partial charge < -0.3 is 9.47 Å². The predicted molar refractivity (Wildman–Crippen MR) is 97.9 cm³/mol. The lowest BCUT2D eigenvalue weighted by Gasteiger charge is -2.22. The van der Waals surface area contributed by atoms with Gasteiger partial charge in [-0.15, -0.1) is 11.8 Å². The Bertz CT molecular complexity index is 698. The molecule has 0 unspecified atom stereocenters. The number of thioether (sulfide) groups is 1. The molecule has 1 aromatic heterocycles. The van der Waals surface area contributed by atoms with Gasteiger partial charge in [0, 0.05) is 44.7 Å². The summed E-state index contributed by atoms with van der Waals surface area (Å²) in [7, 11) is -1.83. The first-order valence-electron chi connectivity index (χ1n) is 8.84. The van der Waals surface area contributed by atoms with Crippen LogP contribution in [0.25, 0.3) is 0 Å². The van der Waals surface area contributed by atoms with E-state index in [1.165, 1.54) is 42.5 Å². The third kappa shape index (κ3) is 4.57. The van der Waals surface area contributed by atoms with Crippen molar-refractivity contribution in [1.29, 1.82) is 0 Å². The highest BCUT2D eigenvalue weighted by atomic mass is 32.2. The molecule has 9 heteroatoms. The molecule has 0 bridgehead atoms. The fourth-order valence-electron chi connectivity index (χ4n) is 3.37. The van der Waals surface area contributed by atoms with Gasteiger partial charge in [-0.2, -0.15) is 4.31 Å². The molecular weight excluding hydrogens is 360 g/mol. The van der Waals surface area contributed by atoms with Crippen LogP contribution in [0.1, 0.15) is 32.1 Å². The van der Waals surface area contributed by atoms with Crippen LogP contribution in [0, 0.1) is 0 Å². The highest BCUT2D eigenvalue weighted by Crippen LogP contribution is 2.29. The molecule has 0 aromatic carbocycles. The summed E-state index contributed by atoms with van der Waals surface area (Å²) in [5.74, 6) is 0.645. The first kappa shape index (κ1) is 18.7. The molecule has 1 aliphatic heterocycles. The van der Waals surface area contributed by atoms with Gasteiger partial charge in [-0.1, -0.05) is 12.8 Å². The van der Waals surface area contributed by atoms with Gasteiger partial charge >= 0.3 is 0 Å². The van der Waals surface area contributed by atoms with Crippen molar-refractivity contribution in [3.8, 4) is 0 Å². The van der Waals surface area contributed by atoms with E-state index in [9.17, 15) is 13.2 Å². The molecule has 2 heterocycles. The number of aryl methyl sites for hydroxylation is 1. The van der Waals surface area contributed by atoms with Crippen LogP contribution in [0.4, 0.5) is 0 Å². The molecule has 3 rings (SSSR count). The second kappa shape index (κ2) is 8.09. The van der Waals surface area contributed by atoms with Gasteiger partial charge in [0.15, 0.2) is 5.03 Å². The maximum atomic E-state index is 12.7. The lowest BCUT2D eigenvalue weighted by atomic mass is 10.4. The summed E-state index contributed by atoms with van der Waals surface area (Å²) in [5, 5.41) is 0.698. The molecule has 1 saturated heterocycles. The van der Waals surface area contributed by atoms with Crippen molar-refractivity contribution in [3.05, 3.63) is 12.5 Å². The molecule has 1 saturated carbocycles. The van der Waals surface area contributed by atoms with Crippen LogP contribution in [-0.2, 0) is 21.9 Å². The summed E-state index contributed by atoms with van der Waals surface area (Å²) >= 11 is 1.76. The minimum absolute atomic E-state index is 0.0755. The van der Waals surface area contributed by atoms with Crippen molar-refractivity contribution in [2.75, 3.05) is 31.9 Å². The Kier molecular flexibility index (Phi) is 6.06. The molecule has 1 aliphatic carbocycles. The molecular formula is C16H26N4O3S2. The van der Waals surface area contributed by atoms with E-state index >= 15 is 0 Å². The minimum Gasteiger partial charge on any atom is -0.341 e. The quantitative estimate of drug-likeness (QED) is 0.763. The monoisotopic (exact) mass is 386 g/mol. The molecule has 0 radical (unpaired) electrons. The minimum atomic E-state index is -3.58. The van der Waals surface area contributed by atoms with Crippen LogP contribution in [0.2, 0.25) is 0 Å². The van der Waals surface area contributed by atoms with E-state index < -0.39 is 10.0 Å². The van der Waals surface area contributed by atoms with Gasteiger partial charge in [0.2, 0.25) is 5.91 Å². The first-order valence-corrected chi connectivity index (χ1v) is 11.3. The van der Waals surface area contributed by atoms with E-state index in [-0.39, 0.29) is 10.9 Å². The Morgan fingerprint density at radius 1 is 1.20 bits per heavy atom. The molecule has 0 spiro atoms. The molecule has 2 aliphatic rings. The number of nitrogens with zero attached hydrogens (tertiary/aromatic N) is 4. The summed E-state index contributed by atoms with van der Waals surface area (Å²) in [6.07, 6.45) is 8.64. The van der Waals surface area contributed by atoms with Crippen molar-refractivity contribution >= 4 is 27.7 Å². The van der Waals surface area contributed by atoms with E-state index in [1.54, 1.807) is 23.4 Å². The summed E-state index contributed by atoms with van der Waals surface area (Å²) in [6, 6.07) is 0. The van der Waals surface area contributed by atoms with E-state index in [2.05, 4.69) is 4.98 Å². The fraction of sp³-hybridized carbons (Fsp3) is 0.750. The Labute approximate surface area is 153 Å². The third-order valence-corrected chi connectivity index (χ3v) is 7.98. The summed E-state index contributed by atoms with van der Waals surface area (Å²) < 4.78 is 28.4. The van der Waals surface area contributed by atoms with E-state index in [1.807, 2.05) is 4.90 Å². The van der Waals surface area contributed by atoms with E-state index in [0.717, 1.165) is 0 Å². The number of imidazole rings is 1. The molecule has 0 atom stereocenters. The molecule has 7 nitrogen and oxygen atoms in total. The highest BCUT2D eigenvalue weighted by Gasteiger charge is 2.30. The van der Waals surface area contributed by atoms with E-state index in [0.29, 0.717) is 43.6 Å². The van der Waals surface area contributed by atoms with Gasteiger partial charge in [0.25, 0.3) is 10.0 Å². The second-order valence-corrected chi connectivity index (χ2v) is 9.91. The molecule has 1 aromatic rings. The van der Waals surface area contributed by atoms with Crippen LogP contribution in [0.5, 0.6) is 0 Å². The predicted octanol–water partition coefficient (Wildman–Crippen LogP) is 1.32. The van der Waals surface area contributed by atoms with E-state index in [4.69, 9.17) is 0 Å². The standard InChI is InChI=1S/C16H26N4O3S2/c1-18-11-15(17-13-18)25(22,23)20-8-4-7-19(9-10-20)16(21)12-24-14-5-2-3-6-14/h11,13-14H,2-10,12H2,1H3. The number of sulfonamides is 1. The number of amides is 1.